The molecule has 0 fully saturated rings. The van der Waals surface area contributed by atoms with E-state index in [2.05, 4.69) is 97.1 Å². The van der Waals surface area contributed by atoms with Crippen LogP contribution in [0.15, 0.2) is 199 Å². The summed E-state index contributed by atoms with van der Waals surface area (Å²) in [6.45, 7) is 0. The van der Waals surface area contributed by atoms with Crippen LogP contribution in [-0.2, 0) is 0 Å². The predicted molar refractivity (Wildman–Crippen MR) is 230 cm³/mol. The Morgan fingerprint density at radius 1 is 0.351 bits per heavy atom. The molecule has 57 heavy (non-hydrogen) atoms. The molecular weight excluding hydrogens is 697 g/mol. The van der Waals surface area contributed by atoms with E-state index in [-0.39, 0.29) is 0 Å². The minimum atomic E-state index is 0.544. The van der Waals surface area contributed by atoms with Crippen LogP contribution in [0.4, 0.5) is 0 Å². The van der Waals surface area contributed by atoms with Crippen LogP contribution >= 0.6 is 0 Å². The molecule has 0 aliphatic heterocycles. The smallest absolute Gasteiger partial charge is 0.164 e. The van der Waals surface area contributed by atoms with E-state index in [9.17, 15) is 5.26 Å². The summed E-state index contributed by atoms with van der Waals surface area (Å²) in [7, 11) is 0. The Balaban J connectivity index is 1.09. The summed E-state index contributed by atoms with van der Waals surface area (Å²) >= 11 is 0. The molecule has 0 radical (unpaired) electrons. The first kappa shape index (κ1) is 33.6. The van der Waals surface area contributed by atoms with Crippen molar-refractivity contribution in [1.29, 1.82) is 5.26 Å². The zero-order valence-electron chi connectivity index (χ0n) is 30.7. The number of aromatic nitrogens is 3. The largest absolute Gasteiger partial charge is 0.456 e. The normalized spacial score (nSPS) is 11.1. The van der Waals surface area contributed by atoms with Crippen molar-refractivity contribution in [2.75, 3.05) is 0 Å². The van der Waals surface area contributed by atoms with E-state index in [0.29, 0.717) is 23.0 Å². The number of hydrogen-bond acceptors (Lipinski definition) is 5. The van der Waals surface area contributed by atoms with Crippen molar-refractivity contribution in [2.45, 2.75) is 0 Å². The van der Waals surface area contributed by atoms with E-state index < -0.39 is 0 Å². The molecule has 10 rings (SSSR count). The SMILES string of the molecule is N#Cc1cccc(-c2ccc(-c3nc(-c4ccc5c(c4)oc4cccc(-c6ccc(-c7ccccc7)cc6)c45)nc(-c4ccccc4-c4ccccc4)n3)cc2)c1. The van der Waals surface area contributed by atoms with Crippen LogP contribution in [-0.4, -0.2) is 15.0 Å². The molecule has 0 saturated carbocycles. The monoisotopic (exact) mass is 728 g/mol. The highest BCUT2D eigenvalue weighted by molar-refractivity contribution is 6.13. The lowest BCUT2D eigenvalue weighted by Gasteiger charge is -2.12. The highest BCUT2D eigenvalue weighted by Crippen LogP contribution is 2.39. The first-order chi connectivity index (χ1) is 28.2. The second-order valence-electron chi connectivity index (χ2n) is 13.9. The maximum atomic E-state index is 9.45. The number of benzene rings is 8. The van der Waals surface area contributed by atoms with Crippen LogP contribution in [0.5, 0.6) is 0 Å². The first-order valence-electron chi connectivity index (χ1n) is 18.8. The van der Waals surface area contributed by atoms with Gasteiger partial charge in [-0.05, 0) is 74.8 Å². The number of furan rings is 1. The molecule has 2 heterocycles. The van der Waals surface area contributed by atoms with Gasteiger partial charge >= 0.3 is 0 Å². The van der Waals surface area contributed by atoms with Crippen LogP contribution in [0.2, 0.25) is 0 Å². The van der Waals surface area contributed by atoms with Gasteiger partial charge in [-0.15, -0.1) is 0 Å². The molecule has 0 bridgehead atoms. The van der Waals surface area contributed by atoms with Crippen LogP contribution < -0.4 is 0 Å². The Labute approximate surface area is 329 Å². The second kappa shape index (κ2) is 14.4. The first-order valence-corrected chi connectivity index (χ1v) is 18.8. The molecule has 0 atom stereocenters. The van der Waals surface area contributed by atoms with Gasteiger partial charge in [-0.3, -0.25) is 0 Å². The lowest BCUT2D eigenvalue weighted by atomic mass is 9.96. The average molecular weight is 729 g/mol. The van der Waals surface area contributed by atoms with E-state index in [0.717, 1.165) is 72.0 Å². The lowest BCUT2D eigenvalue weighted by molar-refractivity contribution is 0.669. The maximum absolute atomic E-state index is 9.45. The van der Waals surface area contributed by atoms with Crippen molar-refractivity contribution in [2.24, 2.45) is 0 Å². The Bertz CT molecular complexity index is 3110. The van der Waals surface area contributed by atoms with Gasteiger partial charge in [0.15, 0.2) is 17.5 Å². The van der Waals surface area contributed by atoms with E-state index in [1.165, 1.54) is 11.1 Å². The van der Waals surface area contributed by atoms with Crippen molar-refractivity contribution in [3.8, 4) is 84.7 Å². The third-order valence-corrected chi connectivity index (χ3v) is 10.4. The van der Waals surface area contributed by atoms with E-state index in [1.54, 1.807) is 0 Å². The van der Waals surface area contributed by atoms with Gasteiger partial charge in [0, 0.05) is 27.5 Å². The predicted octanol–water partition coefficient (Wildman–Crippen LogP) is 13.3. The molecule has 0 N–H and O–H groups in total. The standard InChI is InChI=1S/C52H32N4O/c53-33-34-11-9-16-41(31-34)37-23-27-40(28-24-37)50-54-51(56-52(55-50)45-18-8-7-17-43(45)38-14-5-2-6-15-38)42-29-30-46-48(32-42)57-47-20-10-19-44(49(46)47)39-25-21-36(22-26-39)35-12-3-1-4-13-35/h1-32H. The van der Waals surface area contributed by atoms with Gasteiger partial charge in [0.1, 0.15) is 11.2 Å². The quantitative estimate of drug-likeness (QED) is 0.163. The van der Waals surface area contributed by atoms with Gasteiger partial charge in [0.05, 0.1) is 11.6 Å². The molecule has 0 saturated heterocycles. The molecular formula is C52H32N4O. The zero-order valence-corrected chi connectivity index (χ0v) is 30.7. The van der Waals surface area contributed by atoms with Crippen molar-refractivity contribution in [3.63, 3.8) is 0 Å². The van der Waals surface area contributed by atoms with E-state index in [1.807, 2.05) is 103 Å². The van der Waals surface area contributed by atoms with Crippen LogP contribution in [0.3, 0.4) is 0 Å². The summed E-state index contributed by atoms with van der Waals surface area (Å²) in [4.78, 5) is 15.3. The lowest BCUT2D eigenvalue weighted by Crippen LogP contribution is -2.01. The van der Waals surface area contributed by atoms with Crippen LogP contribution in [0.25, 0.3) is 101 Å². The summed E-state index contributed by atoms with van der Waals surface area (Å²) < 4.78 is 6.56. The number of rotatable bonds is 7. The van der Waals surface area contributed by atoms with Crippen molar-refractivity contribution >= 4 is 21.9 Å². The molecule has 0 amide bonds. The van der Waals surface area contributed by atoms with Gasteiger partial charge in [-0.1, -0.05) is 164 Å². The molecule has 5 heteroatoms. The molecule has 266 valence electrons. The van der Waals surface area contributed by atoms with Crippen LogP contribution in [0, 0.1) is 11.3 Å². The molecule has 8 aromatic carbocycles. The number of nitrogens with zero attached hydrogens (tertiary/aromatic N) is 4. The fourth-order valence-corrected chi connectivity index (χ4v) is 7.56. The minimum absolute atomic E-state index is 0.544. The summed E-state index contributed by atoms with van der Waals surface area (Å²) in [5, 5.41) is 11.5. The number of nitriles is 1. The molecule has 0 aliphatic carbocycles. The van der Waals surface area contributed by atoms with Gasteiger partial charge in [0.2, 0.25) is 0 Å². The highest BCUT2D eigenvalue weighted by Gasteiger charge is 2.18. The minimum Gasteiger partial charge on any atom is -0.456 e. The third kappa shape index (κ3) is 6.42. The fraction of sp³-hybridized carbons (Fsp3) is 0. The van der Waals surface area contributed by atoms with Crippen LogP contribution in [0.1, 0.15) is 5.56 Å². The molecule has 0 unspecified atom stereocenters. The Morgan fingerprint density at radius 2 is 0.860 bits per heavy atom. The third-order valence-electron chi connectivity index (χ3n) is 10.4. The Hall–Kier alpha value is -7.94. The molecule has 2 aromatic heterocycles. The van der Waals surface area contributed by atoms with E-state index >= 15 is 0 Å². The molecule has 0 spiro atoms. The summed E-state index contributed by atoms with van der Waals surface area (Å²) in [6, 6.07) is 68.1. The Morgan fingerprint density at radius 3 is 1.60 bits per heavy atom. The zero-order chi connectivity index (χ0) is 38.1. The van der Waals surface area contributed by atoms with Gasteiger partial charge in [-0.25, -0.2) is 15.0 Å². The molecule has 0 aliphatic rings. The van der Waals surface area contributed by atoms with Gasteiger partial charge < -0.3 is 4.42 Å². The fourth-order valence-electron chi connectivity index (χ4n) is 7.56. The maximum Gasteiger partial charge on any atom is 0.164 e. The number of fused-ring (bicyclic) bond motifs is 3. The Kier molecular flexibility index (Phi) is 8.48. The summed E-state index contributed by atoms with van der Waals surface area (Å²) in [5.74, 6) is 1.68. The van der Waals surface area contributed by atoms with Crippen molar-refractivity contribution < 1.29 is 4.42 Å². The second-order valence-corrected chi connectivity index (χ2v) is 13.9. The van der Waals surface area contributed by atoms with Gasteiger partial charge in [-0.2, -0.15) is 5.26 Å². The average Bonchev–Trinajstić information content (AvgIpc) is 3.68. The van der Waals surface area contributed by atoms with Crippen molar-refractivity contribution in [1.82, 2.24) is 15.0 Å². The summed E-state index contributed by atoms with van der Waals surface area (Å²) in [5.41, 5.74) is 13.5. The molecule has 10 aromatic rings. The van der Waals surface area contributed by atoms with E-state index in [4.69, 9.17) is 19.4 Å². The summed E-state index contributed by atoms with van der Waals surface area (Å²) in [6.07, 6.45) is 0. The highest BCUT2D eigenvalue weighted by atomic mass is 16.3. The topological polar surface area (TPSA) is 75.6 Å². The molecule has 5 nitrogen and oxygen atoms in total. The number of hydrogen-bond donors (Lipinski definition) is 0. The van der Waals surface area contributed by atoms with Gasteiger partial charge in [0.25, 0.3) is 0 Å². The van der Waals surface area contributed by atoms with Crippen molar-refractivity contribution in [3.05, 3.63) is 200 Å².